The molecule has 0 spiro atoms. The van der Waals surface area contributed by atoms with E-state index in [-0.39, 0.29) is 5.97 Å². The summed E-state index contributed by atoms with van der Waals surface area (Å²) in [5.74, 6) is -0.344. The van der Waals surface area contributed by atoms with E-state index in [4.69, 9.17) is 0 Å². The van der Waals surface area contributed by atoms with Crippen molar-refractivity contribution in [1.82, 2.24) is 15.2 Å². The minimum absolute atomic E-state index is 0.344. The lowest BCUT2D eigenvalue weighted by atomic mass is 10.1. The molecule has 1 saturated heterocycles. The Hall–Kier alpha value is -1.46. The lowest BCUT2D eigenvalue weighted by molar-refractivity contribution is 0.0600. The Balaban J connectivity index is 1.97. The van der Waals surface area contributed by atoms with Gasteiger partial charge in [-0.2, -0.15) is 0 Å². The number of hydrogen-bond acceptors (Lipinski definition) is 5. The van der Waals surface area contributed by atoms with Crippen molar-refractivity contribution in [1.29, 1.82) is 0 Å². The second-order valence-electron chi connectivity index (χ2n) is 5.19. The van der Waals surface area contributed by atoms with Gasteiger partial charge in [-0.25, -0.2) is 4.79 Å². The smallest absolute Gasteiger partial charge is 0.339 e. The molecule has 1 aromatic heterocycles. The number of piperazine rings is 1. The van der Waals surface area contributed by atoms with Crippen LogP contribution >= 0.6 is 0 Å². The number of methoxy groups -OCH3 is 1. The molecular weight excluding hydrogens is 242 g/mol. The molecule has 0 aromatic carbocycles. The van der Waals surface area contributed by atoms with E-state index < -0.39 is 0 Å². The summed E-state index contributed by atoms with van der Waals surface area (Å²) < 4.78 is 4.66. The number of pyridine rings is 1. The maximum atomic E-state index is 11.3. The molecule has 0 radical (unpaired) electrons. The van der Waals surface area contributed by atoms with Gasteiger partial charge >= 0.3 is 5.97 Å². The van der Waals surface area contributed by atoms with Gasteiger partial charge in [0.15, 0.2) is 0 Å². The van der Waals surface area contributed by atoms with Gasteiger partial charge in [0.25, 0.3) is 0 Å². The summed E-state index contributed by atoms with van der Waals surface area (Å²) in [6.07, 6.45) is 1.58. The van der Waals surface area contributed by atoms with E-state index in [1.165, 1.54) is 7.11 Å². The van der Waals surface area contributed by atoms with Crippen LogP contribution in [-0.4, -0.2) is 48.1 Å². The van der Waals surface area contributed by atoms with Crippen molar-refractivity contribution in [2.45, 2.75) is 32.5 Å². The Morgan fingerprint density at radius 3 is 2.63 bits per heavy atom. The number of nitrogens with zero attached hydrogens (tertiary/aromatic N) is 2. The average Bonchev–Trinajstić information content (AvgIpc) is 2.37. The average molecular weight is 263 g/mol. The fourth-order valence-corrected chi connectivity index (χ4v) is 2.56. The number of ether oxygens (including phenoxy) is 1. The molecule has 0 bridgehead atoms. The molecule has 2 rings (SSSR count). The minimum Gasteiger partial charge on any atom is -0.465 e. The molecule has 1 N–H and O–H groups in total. The first-order chi connectivity index (χ1) is 9.08. The van der Waals surface area contributed by atoms with Gasteiger partial charge in [-0.05, 0) is 26.0 Å². The Morgan fingerprint density at radius 1 is 1.42 bits per heavy atom. The fraction of sp³-hybridized carbons (Fsp3) is 0.571. The van der Waals surface area contributed by atoms with Crippen LogP contribution in [0.1, 0.15) is 29.9 Å². The Kier molecular flexibility index (Phi) is 4.50. The van der Waals surface area contributed by atoms with Crippen LogP contribution in [0.3, 0.4) is 0 Å². The monoisotopic (exact) mass is 263 g/mol. The maximum Gasteiger partial charge on any atom is 0.339 e. The molecule has 5 heteroatoms. The highest BCUT2D eigenvalue weighted by Crippen LogP contribution is 2.09. The van der Waals surface area contributed by atoms with Gasteiger partial charge in [0.05, 0.1) is 18.4 Å². The molecule has 1 aliphatic heterocycles. The van der Waals surface area contributed by atoms with Crippen molar-refractivity contribution < 1.29 is 9.53 Å². The number of carbonyl (C=O) groups excluding carboxylic acids is 1. The number of aromatic nitrogens is 1. The van der Waals surface area contributed by atoms with Crippen LogP contribution in [0.5, 0.6) is 0 Å². The third-order valence-corrected chi connectivity index (χ3v) is 3.26. The molecule has 19 heavy (non-hydrogen) atoms. The zero-order chi connectivity index (χ0) is 13.8. The molecule has 0 aliphatic carbocycles. The second-order valence-corrected chi connectivity index (χ2v) is 5.19. The Labute approximate surface area is 114 Å². The van der Waals surface area contributed by atoms with E-state index in [0.717, 1.165) is 25.3 Å². The van der Waals surface area contributed by atoms with Gasteiger partial charge in [-0.3, -0.25) is 9.88 Å². The summed E-state index contributed by atoms with van der Waals surface area (Å²) in [6.45, 7) is 7.24. The van der Waals surface area contributed by atoms with Crippen molar-refractivity contribution in [3.63, 3.8) is 0 Å². The van der Waals surface area contributed by atoms with E-state index in [0.29, 0.717) is 17.6 Å². The van der Waals surface area contributed by atoms with Gasteiger partial charge in [0.1, 0.15) is 0 Å². The van der Waals surface area contributed by atoms with E-state index in [1.54, 1.807) is 12.3 Å². The standard InChI is InChI=1S/C14H21N3O2/c1-10-7-17(8-11(2)16-10)9-13-5-4-12(6-15-13)14(18)19-3/h4-6,10-11,16H,7-9H2,1-3H3. The number of esters is 1. The largest absolute Gasteiger partial charge is 0.465 e. The van der Waals surface area contributed by atoms with Crippen LogP contribution in [-0.2, 0) is 11.3 Å². The van der Waals surface area contributed by atoms with Crippen LogP contribution in [0.2, 0.25) is 0 Å². The third kappa shape index (κ3) is 3.75. The van der Waals surface area contributed by atoms with E-state index in [1.807, 2.05) is 6.07 Å². The lowest BCUT2D eigenvalue weighted by Gasteiger charge is -2.35. The summed E-state index contributed by atoms with van der Waals surface area (Å²) in [5, 5.41) is 3.50. The van der Waals surface area contributed by atoms with Crippen molar-refractivity contribution in [3.8, 4) is 0 Å². The highest BCUT2D eigenvalue weighted by molar-refractivity contribution is 5.88. The Bertz CT molecular complexity index is 423. The van der Waals surface area contributed by atoms with Gasteiger partial charge in [0.2, 0.25) is 0 Å². The highest BCUT2D eigenvalue weighted by Gasteiger charge is 2.21. The number of nitrogens with one attached hydrogen (secondary N) is 1. The van der Waals surface area contributed by atoms with Crippen LogP contribution in [0.25, 0.3) is 0 Å². The van der Waals surface area contributed by atoms with Crippen molar-refractivity contribution >= 4 is 5.97 Å². The van der Waals surface area contributed by atoms with Crippen LogP contribution in [0, 0.1) is 0 Å². The quantitative estimate of drug-likeness (QED) is 0.826. The topological polar surface area (TPSA) is 54.5 Å². The predicted molar refractivity (Wildman–Crippen MR) is 72.9 cm³/mol. The summed E-state index contributed by atoms with van der Waals surface area (Å²) in [4.78, 5) is 18.0. The maximum absolute atomic E-state index is 11.3. The van der Waals surface area contributed by atoms with Crippen LogP contribution in [0.4, 0.5) is 0 Å². The normalized spacial score (nSPS) is 24.2. The molecule has 0 saturated carbocycles. The molecule has 2 heterocycles. The zero-order valence-corrected chi connectivity index (χ0v) is 11.7. The molecule has 104 valence electrons. The first-order valence-electron chi connectivity index (χ1n) is 6.60. The highest BCUT2D eigenvalue weighted by atomic mass is 16.5. The SMILES string of the molecule is COC(=O)c1ccc(CN2CC(C)NC(C)C2)nc1. The van der Waals surface area contributed by atoms with Crippen molar-refractivity contribution in [2.75, 3.05) is 20.2 Å². The first kappa shape index (κ1) is 14.0. The molecule has 0 amide bonds. The van der Waals surface area contributed by atoms with E-state index in [2.05, 4.69) is 33.8 Å². The second kappa shape index (κ2) is 6.12. The minimum atomic E-state index is -0.344. The van der Waals surface area contributed by atoms with Crippen molar-refractivity contribution in [3.05, 3.63) is 29.6 Å². The van der Waals surface area contributed by atoms with Crippen LogP contribution in [0.15, 0.2) is 18.3 Å². The van der Waals surface area contributed by atoms with Gasteiger partial charge in [-0.1, -0.05) is 0 Å². The molecule has 5 nitrogen and oxygen atoms in total. The summed E-state index contributed by atoms with van der Waals surface area (Å²) in [7, 11) is 1.37. The van der Waals surface area contributed by atoms with Crippen LogP contribution < -0.4 is 5.32 Å². The summed E-state index contributed by atoms with van der Waals surface area (Å²) >= 11 is 0. The molecular formula is C14H21N3O2. The van der Waals surface area contributed by atoms with Gasteiger partial charge < -0.3 is 10.1 Å². The zero-order valence-electron chi connectivity index (χ0n) is 11.7. The number of hydrogen-bond donors (Lipinski definition) is 1. The number of carbonyl (C=O) groups is 1. The molecule has 2 unspecified atom stereocenters. The fourth-order valence-electron chi connectivity index (χ4n) is 2.56. The predicted octanol–water partition coefficient (Wildman–Crippen LogP) is 1.05. The van der Waals surface area contributed by atoms with Crippen molar-refractivity contribution in [2.24, 2.45) is 0 Å². The molecule has 1 aliphatic rings. The third-order valence-electron chi connectivity index (χ3n) is 3.26. The Morgan fingerprint density at radius 2 is 2.11 bits per heavy atom. The molecule has 1 fully saturated rings. The summed E-state index contributed by atoms with van der Waals surface area (Å²) in [6, 6.07) is 4.66. The molecule has 1 aromatic rings. The molecule has 2 atom stereocenters. The first-order valence-corrected chi connectivity index (χ1v) is 6.60. The summed E-state index contributed by atoms with van der Waals surface area (Å²) in [5.41, 5.74) is 1.47. The lowest BCUT2D eigenvalue weighted by Crippen LogP contribution is -2.53. The van der Waals surface area contributed by atoms with Gasteiger partial charge in [0, 0.05) is 37.9 Å². The van der Waals surface area contributed by atoms with E-state index in [9.17, 15) is 4.79 Å². The van der Waals surface area contributed by atoms with Gasteiger partial charge in [-0.15, -0.1) is 0 Å². The van der Waals surface area contributed by atoms with E-state index >= 15 is 0 Å². The number of rotatable bonds is 3.